The Labute approximate surface area is 224 Å². The van der Waals surface area contributed by atoms with E-state index in [1.54, 1.807) is 11.9 Å². The third kappa shape index (κ3) is 6.01. The molecule has 0 spiro atoms. The summed E-state index contributed by atoms with van der Waals surface area (Å²) in [4.78, 5) is 48.8. The molecular weight excluding hydrogens is 595 g/mol. The number of halogens is 4. The van der Waals surface area contributed by atoms with Crippen LogP contribution in [0.5, 0.6) is 0 Å². The average molecular weight is 614 g/mol. The maximum absolute atomic E-state index is 15.0. The molecule has 16 heteroatoms. The van der Waals surface area contributed by atoms with Crippen molar-refractivity contribution in [2.24, 2.45) is 0 Å². The summed E-state index contributed by atoms with van der Waals surface area (Å²) in [5.41, 5.74) is 3.85. The van der Waals surface area contributed by atoms with Gasteiger partial charge >= 0.3 is 17.9 Å². The molecule has 39 heavy (non-hydrogen) atoms. The van der Waals surface area contributed by atoms with Crippen LogP contribution < -0.4 is 21.4 Å². The van der Waals surface area contributed by atoms with Crippen molar-refractivity contribution < 1.29 is 42.9 Å². The Morgan fingerprint density at radius 2 is 1.67 bits per heavy atom. The van der Waals surface area contributed by atoms with Gasteiger partial charge in [0.2, 0.25) is 5.43 Å². The quantitative estimate of drug-likeness (QED) is 0.256. The molecule has 0 bridgehead atoms. The van der Waals surface area contributed by atoms with Crippen LogP contribution in [0.3, 0.4) is 0 Å². The number of carbonyl (C=O) groups is 3. The summed E-state index contributed by atoms with van der Waals surface area (Å²) in [5.74, 6) is -8.29. The molecule has 0 aliphatic carbocycles. The van der Waals surface area contributed by atoms with Crippen LogP contribution in [0.15, 0.2) is 39.7 Å². The summed E-state index contributed by atoms with van der Waals surface area (Å²) in [5, 5.41) is 27.8. The second-order valence-electron chi connectivity index (χ2n) is 8.03. The summed E-state index contributed by atoms with van der Waals surface area (Å²) in [6.45, 7) is 0.955. The number of nitrogen functional groups attached to an aromatic ring is 1. The molecular formula is C23H19BrF3N5O7. The molecule has 2 aromatic heterocycles. The van der Waals surface area contributed by atoms with E-state index in [-0.39, 0.29) is 27.1 Å². The number of aliphatic carboxylic acids is 2. The van der Waals surface area contributed by atoms with E-state index in [9.17, 15) is 37.5 Å². The van der Waals surface area contributed by atoms with Gasteiger partial charge in [-0.1, -0.05) is 0 Å². The summed E-state index contributed by atoms with van der Waals surface area (Å²) in [7, 11) is 1.77. The number of rotatable bonds is 6. The first kappa shape index (κ1) is 29.1. The maximum Gasteiger partial charge on any atom is 0.341 e. The lowest BCUT2D eigenvalue weighted by Gasteiger charge is -2.41. The second kappa shape index (κ2) is 11.5. The van der Waals surface area contributed by atoms with Crippen molar-refractivity contribution in [3.63, 3.8) is 0 Å². The highest BCUT2D eigenvalue weighted by Gasteiger charge is 2.31. The number of carboxylic acids is 3. The van der Waals surface area contributed by atoms with Crippen molar-refractivity contribution in [2.75, 3.05) is 30.8 Å². The lowest BCUT2D eigenvalue weighted by molar-refractivity contribution is -0.134. The van der Waals surface area contributed by atoms with E-state index in [1.807, 2.05) is 0 Å². The summed E-state index contributed by atoms with van der Waals surface area (Å²) in [6.07, 6.45) is 1.97. The standard InChI is InChI=1S/C19H15BrF3N5O3.C4H4O4/c1-25-7-4-27(5-7)15-10(21)2-8-14(13(15)20)28(6-9(16(8)29)19(30)31)18-12(23)3-11(22)17(24)26-18;5-3(6)1-2-4(7)8/h2-3,6-7,25H,4-5H2,1H3,(H2,24,26)(H,30,31);1-2H,(H,5,6)(H,7,8)/b;2-1-. The molecule has 1 saturated heterocycles. The summed E-state index contributed by atoms with van der Waals surface area (Å²) < 4.78 is 44.3. The second-order valence-corrected chi connectivity index (χ2v) is 8.82. The molecule has 1 aliphatic heterocycles. The number of fused-ring (bicyclic) bond motifs is 1. The van der Waals surface area contributed by atoms with E-state index in [4.69, 9.17) is 15.9 Å². The van der Waals surface area contributed by atoms with Crippen LogP contribution in [0.4, 0.5) is 24.7 Å². The molecule has 0 atom stereocenters. The van der Waals surface area contributed by atoms with Crippen molar-refractivity contribution in [1.29, 1.82) is 0 Å². The molecule has 0 unspecified atom stereocenters. The Morgan fingerprint density at radius 3 is 2.18 bits per heavy atom. The maximum atomic E-state index is 15.0. The zero-order valence-electron chi connectivity index (χ0n) is 19.8. The Balaban J connectivity index is 0.000000459. The minimum Gasteiger partial charge on any atom is -0.478 e. The lowest BCUT2D eigenvalue weighted by atomic mass is 10.0. The van der Waals surface area contributed by atoms with E-state index in [2.05, 4.69) is 26.2 Å². The highest BCUT2D eigenvalue weighted by molar-refractivity contribution is 9.10. The van der Waals surface area contributed by atoms with E-state index in [0.717, 1.165) is 16.8 Å². The van der Waals surface area contributed by atoms with Gasteiger partial charge in [0, 0.05) is 43.5 Å². The number of carboxylic acid groups (broad SMARTS) is 3. The fraction of sp³-hybridized carbons (Fsp3) is 0.174. The lowest BCUT2D eigenvalue weighted by Crippen LogP contribution is -2.57. The van der Waals surface area contributed by atoms with Gasteiger partial charge in [0.05, 0.1) is 21.1 Å². The Kier molecular flexibility index (Phi) is 8.61. The van der Waals surface area contributed by atoms with Crippen molar-refractivity contribution in [3.8, 4) is 5.82 Å². The van der Waals surface area contributed by atoms with Crippen molar-refractivity contribution in [2.45, 2.75) is 6.04 Å². The Morgan fingerprint density at radius 1 is 1.08 bits per heavy atom. The van der Waals surface area contributed by atoms with Crippen molar-refractivity contribution in [1.82, 2.24) is 14.9 Å². The molecule has 1 fully saturated rings. The van der Waals surface area contributed by atoms with Crippen LogP contribution in [-0.4, -0.2) is 69.0 Å². The van der Waals surface area contributed by atoms with Crippen LogP contribution in [-0.2, 0) is 9.59 Å². The first-order chi connectivity index (χ1) is 18.3. The van der Waals surface area contributed by atoms with Crippen LogP contribution in [0.1, 0.15) is 10.4 Å². The molecule has 0 radical (unpaired) electrons. The fourth-order valence-electron chi connectivity index (χ4n) is 3.64. The SMILES string of the molecule is CNC1CN(c2c(F)cc3c(=O)c(C(=O)O)cn(-c4nc(N)c(F)cc4F)c3c2Br)C1.O=C(O)/C=C\C(=O)O. The number of hydrogen-bond donors (Lipinski definition) is 5. The number of benzene rings is 1. The predicted octanol–water partition coefficient (Wildman–Crippen LogP) is 1.97. The molecule has 12 nitrogen and oxygen atoms in total. The number of aromatic carboxylic acids is 1. The third-order valence-corrected chi connectivity index (χ3v) is 6.28. The van der Waals surface area contributed by atoms with E-state index >= 15 is 0 Å². The van der Waals surface area contributed by atoms with Crippen LogP contribution in [0.25, 0.3) is 16.7 Å². The van der Waals surface area contributed by atoms with Gasteiger partial charge in [0.1, 0.15) is 11.4 Å². The third-order valence-electron chi connectivity index (χ3n) is 5.53. The van der Waals surface area contributed by atoms with Gasteiger partial charge in [-0.2, -0.15) is 0 Å². The van der Waals surface area contributed by atoms with Crippen LogP contribution in [0.2, 0.25) is 0 Å². The highest BCUT2D eigenvalue weighted by Crippen LogP contribution is 2.38. The molecule has 0 saturated carbocycles. The molecule has 3 aromatic rings. The number of nitrogens with one attached hydrogen (secondary N) is 1. The van der Waals surface area contributed by atoms with E-state index in [1.165, 1.54) is 0 Å². The number of pyridine rings is 2. The van der Waals surface area contributed by atoms with Crippen LogP contribution >= 0.6 is 15.9 Å². The fourth-order valence-corrected chi connectivity index (χ4v) is 4.48. The van der Waals surface area contributed by atoms with Gasteiger partial charge in [-0.3, -0.25) is 9.36 Å². The summed E-state index contributed by atoms with van der Waals surface area (Å²) >= 11 is 3.29. The molecule has 3 heterocycles. The van der Waals surface area contributed by atoms with Gasteiger partial charge in [-0.05, 0) is 29.0 Å². The number of anilines is 2. The molecule has 6 N–H and O–H groups in total. The largest absolute Gasteiger partial charge is 0.478 e. The Bertz CT molecular complexity index is 1570. The van der Waals surface area contributed by atoms with Gasteiger partial charge in [-0.25, -0.2) is 32.5 Å². The van der Waals surface area contributed by atoms with E-state index < -0.39 is 58.0 Å². The van der Waals surface area contributed by atoms with Crippen molar-refractivity contribution in [3.05, 3.63) is 68.2 Å². The Hall–Kier alpha value is -4.44. The highest BCUT2D eigenvalue weighted by atomic mass is 79.9. The first-order valence-corrected chi connectivity index (χ1v) is 11.5. The molecule has 206 valence electrons. The number of aromatic nitrogens is 2. The zero-order valence-corrected chi connectivity index (χ0v) is 21.4. The van der Waals surface area contributed by atoms with Gasteiger partial charge in [0.15, 0.2) is 23.3 Å². The molecule has 1 aromatic carbocycles. The summed E-state index contributed by atoms with van der Waals surface area (Å²) in [6, 6.07) is 1.53. The molecule has 4 rings (SSSR count). The zero-order chi connectivity index (χ0) is 29.2. The number of nitrogens with two attached hydrogens (primary N) is 1. The van der Waals surface area contributed by atoms with Crippen LogP contribution in [0, 0.1) is 17.5 Å². The van der Waals surface area contributed by atoms with Gasteiger partial charge in [0.25, 0.3) is 0 Å². The number of likely N-dealkylation sites (N-methyl/N-ethyl adjacent to an activating group) is 1. The topological polar surface area (TPSA) is 188 Å². The van der Waals surface area contributed by atoms with Gasteiger partial charge < -0.3 is 31.3 Å². The number of nitrogens with zero attached hydrogens (tertiary/aromatic N) is 3. The molecule has 1 aliphatic rings. The van der Waals surface area contributed by atoms with Gasteiger partial charge in [-0.15, -0.1) is 0 Å². The molecule has 0 amide bonds. The first-order valence-electron chi connectivity index (χ1n) is 10.7. The number of hydrogen-bond acceptors (Lipinski definition) is 8. The predicted molar refractivity (Wildman–Crippen MR) is 136 cm³/mol. The normalized spacial score (nSPS) is 13.2. The minimum absolute atomic E-state index is 0.0308. The monoisotopic (exact) mass is 613 g/mol. The van der Waals surface area contributed by atoms with E-state index in [0.29, 0.717) is 31.3 Å². The average Bonchev–Trinajstić information content (AvgIpc) is 2.82. The minimum atomic E-state index is -1.60. The smallest absolute Gasteiger partial charge is 0.341 e. The van der Waals surface area contributed by atoms with Crippen molar-refractivity contribution >= 4 is 56.2 Å².